The molecule has 5 heteroatoms. The monoisotopic (exact) mass is 344 g/mol. The maximum absolute atomic E-state index is 5.20. The van der Waals surface area contributed by atoms with Crippen molar-refractivity contribution in [3.8, 4) is 11.4 Å². The molecule has 0 fully saturated rings. The van der Waals surface area contributed by atoms with Gasteiger partial charge >= 0.3 is 0 Å². The fraction of sp³-hybridized carbons (Fsp3) is 0.273. The van der Waals surface area contributed by atoms with Crippen LogP contribution in [0.2, 0.25) is 0 Å². The second-order valence-corrected chi connectivity index (χ2v) is 5.27. The lowest BCUT2D eigenvalue weighted by molar-refractivity contribution is 0.377. The van der Waals surface area contributed by atoms with Gasteiger partial charge in [0.25, 0.3) is 0 Å². The number of hydrogen-bond acceptors (Lipinski definition) is 3. The first kappa shape index (κ1) is 11.8. The second-order valence-electron chi connectivity index (χ2n) is 3.31. The normalized spacial score (nSPS) is 12.7. The van der Waals surface area contributed by atoms with Crippen LogP contribution < -0.4 is 0 Å². The highest BCUT2D eigenvalue weighted by molar-refractivity contribution is 9.10. The molecule has 1 heterocycles. The molecule has 0 N–H and O–H groups in total. The largest absolute Gasteiger partial charge is 0.338 e. The van der Waals surface area contributed by atoms with E-state index in [1.807, 2.05) is 24.3 Å². The van der Waals surface area contributed by atoms with E-state index in [4.69, 9.17) is 4.52 Å². The van der Waals surface area contributed by atoms with Gasteiger partial charge in [-0.2, -0.15) is 4.98 Å². The van der Waals surface area contributed by atoms with Gasteiger partial charge in [0.1, 0.15) is 0 Å². The molecule has 0 aliphatic heterocycles. The highest BCUT2D eigenvalue weighted by atomic mass is 79.9. The van der Waals surface area contributed by atoms with Crippen LogP contribution in [0.5, 0.6) is 0 Å². The van der Waals surface area contributed by atoms with Gasteiger partial charge in [-0.1, -0.05) is 56.1 Å². The first-order chi connectivity index (χ1) is 7.72. The summed E-state index contributed by atoms with van der Waals surface area (Å²) < 4.78 is 6.16. The van der Waals surface area contributed by atoms with Crippen molar-refractivity contribution in [3.05, 3.63) is 34.6 Å². The first-order valence-corrected chi connectivity index (χ1v) is 6.65. The van der Waals surface area contributed by atoms with Gasteiger partial charge in [0.05, 0.1) is 4.83 Å². The summed E-state index contributed by atoms with van der Waals surface area (Å²) in [5.41, 5.74) is 0.938. The molecular weight excluding hydrogens is 336 g/mol. The average Bonchev–Trinajstić information content (AvgIpc) is 2.78. The Kier molecular flexibility index (Phi) is 3.76. The van der Waals surface area contributed by atoms with Crippen molar-refractivity contribution in [1.29, 1.82) is 0 Å². The molecule has 0 aliphatic rings. The molecule has 1 aromatic carbocycles. The number of alkyl halides is 1. The van der Waals surface area contributed by atoms with Crippen molar-refractivity contribution in [2.75, 3.05) is 0 Å². The molecule has 16 heavy (non-hydrogen) atoms. The van der Waals surface area contributed by atoms with Crippen molar-refractivity contribution in [3.63, 3.8) is 0 Å². The maximum atomic E-state index is 5.20. The van der Waals surface area contributed by atoms with Gasteiger partial charge in [0.2, 0.25) is 11.7 Å². The van der Waals surface area contributed by atoms with Crippen molar-refractivity contribution >= 4 is 31.9 Å². The van der Waals surface area contributed by atoms with E-state index in [1.54, 1.807) is 0 Å². The lowest BCUT2D eigenvalue weighted by Crippen LogP contribution is -1.87. The summed E-state index contributed by atoms with van der Waals surface area (Å²) in [5, 5.41) is 3.97. The van der Waals surface area contributed by atoms with Gasteiger partial charge in [-0.15, -0.1) is 0 Å². The molecule has 0 bridgehead atoms. The Hall–Kier alpha value is -0.680. The Bertz CT molecular complexity index is 484. The van der Waals surface area contributed by atoms with Crippen LogP contribution in [0, 0.1) is 0 Å². The van der Waals surface area contributed by atoms with E-state index in [2.05, 4.69) is 48.9 Å². The summed E-state index contributed by atoms with van der Waals surface area (Å²) in [7, 11) is 0. The number of aromatic nitrogens is 2. The van der Waals surface area contributed by atoms with E-state index < -0.39 is 0 Å². The molecule has 3 nitrogen and oxygen atoms in total. The number of halogens is 2. The van der Waals surface area contributed by atoms with Gasteiger partial charge in [-0.3, -0.25) is 0 Å². The van der Waals surface area contributed by atoms with Crippen LogP contribution in [0.4, 0.5) is 0 Å². The van der Waals surface area contributed by atoms with Crippen LogP contribution in [0.1, 0.15) is 24.1 Å². The zero-order valence-corrected chi connectivity index (χ0v) is 11.8. The van der Waals surface area contributed by atoms with E-state index in [-0.39, 0.29) is 4.83 Å². The first-order valence-electron chi connectivity index (χ1n) is 4.95. The van der Waals surface area contributed by atoms with Crippen LogP contribution >= 0.6 is 31.9 Å². The third-order valence-corrected chi connectivity index (χ3v) is 3.91. The highest BCUT2D eigenvalue weighted by Crippen LogP contribution is 2.29. The van der Waals surface area contributed by atoms with Crippen LogP contribution in [0.15, 0.2) is 33.3 Å². The minimum Gasteiger partial charge on any atom is -0.338 e. The zero-order valence-electron chi connectivity index (χ0n) is 8.65. The van der Waals surface area contributed by atoms with Gasteiger partial charge in [0, 0.05) is 10.0 Å². The predicted octanol–water partition coefficient (Wildman–Crippen LogP) is 4.35. The molecule has 1 unspecified atom stereocenters. The van der Waals surface area contributed by atoms with Crippen molar-refractivity contribution in [2.45, 2.75) is 18.2 Å². The molecule has 2 rings (SSSR count). The van der Waals surface area contributed by atoms with Crippen molar-refractivity contribution in [1.82, 2.24) is 10.1 Å². The number of hydrogen-bond donors (Lipinski definition) is 0. The molecule has 0 spiro atoms. The Morgan fingerprint density at radius 3 is 2.81 bits per heavy atom. The van der Waals surface area contributed by atoms with Crippen LogP contribution in [-0.4, -0.2) is 10.1 Å². The van der Waals surface area contributed by atoms with E-state index in [0.717, 1.165) is 16.5 Å². The number of rotatable bonds is 3. The molecule has 0 saturated heterocycles. The minimum absolute atomic E-state index is 0.122. The van der Waals surface area contributed by atoms with E-state index in [1.165, 1.54) is 0 Å². The lowest BCUT2D eigenvalue weighted by atomic mass is 10.2. The van der Waals surface area contributed by atoms with Gasteiger partial charge in [-0.25, -0.2) is 0 Å². The molecule has 1 atom stereocenters. The van der Waals surface area contributed by atoms with Crippen LogP contribution in [0.25, 0.3) is 11.4 Å². The minimum atomic E-state index is 0.122. The summed E-state index contributed by atoms with van der Waals surface area (Å²) >= 11 is 6.94. The molecule has 0 saturated carbocycles. The quantitative estimate of drug-likeness (QED) is 0.776. The molecule has 0 radical (unpaired) electrons. The fourth-order valence-electron chi connectivity index (χ4n) is 1.29. The second kappa shape index (κ2) is 5.10. The van der Waals surface area contributed by atoms with E-state index in [9.17, 15) is 0 Å². The summed E-state index contributed by atoms with van der Waals surface area (Å²) in [6.07, 6.45) is 0.914. The van der Waals surface area contributed by atoms with E-state index in [0.29, 0.717) is 11.7 Å². The third kappa shape index (κ3) is 2.35. The summed E-state index contributed by atoms with van der Waals surface area (Å²) in [6, 6.07) is 7.81. The van der Waals surface area contributed by atoms with Gasteiger partial charge < -0.3 is 4.52 Å². The van der Waals surface area contributed by atoms with Gasteiger partial charge in [0.15, 0.2) is 0 Å². The standard InChI is InChI=1S/C11H10Br2N2O/c1-2-8(12)11-14-10(15-16-11)7-5-3-4-6-9(7)13/h3-6,8H,2H2,1H3. The van der Waals surface area contributed by atoms with Gasteiger partial charge in [-0.05, 0) is 18.6 Å². The summed E-state index contributed by atoms with van der Waals surface area (Å²) in [4.78, 5) is 4.48. The summed E-state index contributed by atoms with van der Waals surface area (Å²) in [6.45, 7) is 2.06. The summed E-state index contributed by atoms with van der Waals surface area (Å²) in [5.74, 6) is 1.23. The predicted molar refractivity (Wildman–Crippen MR) is 69.4 cm³/mol. The highest BCUT2D eigenvalue weighted by Gasteiger charge is 2.15. The Morgan fingerprint density at radius 1 is 1.38 bits per heavy atom. The molecular formula is C11H10Br2N2O. The molecule has 1 aromatic heterocycles. The molecule has 2 aromatic rings. The lowest BCUT2D eigenvalue weighted by Gasteiger charge is -1.98. The average molecular weight is 346 g/mol. The van der Waals surface area contributed by atoms with Crippen molar-refractivity contribution in [2.24, 2.45) is 0 Å². The molecule has 0 amide bonds. The van der Waals surface area contributed by atoms with E-state index >= 15 is 0 Å². The maximum Gasteiger partial charge on any atom is 0.240 e. The third-order valence-electron chi connectivity index (χ3n) is 2.18. The molecule has 0 aliphatic carbocycles. The van der Waals surface area contributed by atoms with Crippen molar-refractivity contribution < 1.29 is 4.52 Å². The smallest absolute Gasteiger partial charge is 0.240 e. The zero-order chi connectivity index (χ0) is 11.5. The number of benzene rings is 1. The molecule has 84 valence electrons. The SMILES string of the molecule is CCC(Br)c1nc(-c2ccccc2Br)no1. The Morgan fingerprint density at radius 2 is 2.12 bits per heavy atom. The fourth-order valence-corrected chi connectivity index (χ4v) is 1.94. The topological polar surface area (TPSA) is 38.9 Å². The van der Waals surface area contributed by atoms with Crippen LogP contribution in [-0.2, 0) is 0 Å². The number of nitrogens with zero attached hydrogens (tertiary/aromatic N) is 2. The Balaban J connectivity index is 2.35. The van der Waals surface area contributed by atoms with Crippen LogP contribution in [0.3, 0.4) is 0 Å². The Labute approximate surface area is 111 Å².